The van der Waals surface area contributed by atoms with E-state index in [-0.39, 0.29) is 23.9 Å². The van der Waals surface area contributed by atoms with Gasteiger partial charge in [-0.05, 0) is 67.4 Å². The number of amides is 1. The largest absolute Gasteiger partial charge is 0.484 e. The number of fused-ring (bicyclic) bond motifs is 4. The summed E-state index contributed by atoms with van der Waals surface area (Å²) in [6.07, 6.45) is 3.64. The van der Waals surface area contributed by atoms with Crippen LogP contribution in [0, 0.1) is 5.82 Å². The van der Waals surface area contributed by atoms with Crippen LogP contribution in [0.5, 0.6) is 5.75 Å². The third kappa shape index (κ3) is 3.31. The average Bonchev–Trinajstić information content (AvgIpc) is 3.26. The van der Waals surface area contributed by atoms with Crippen molar-refractivity contribution < 1.29 is 13.9 Å². The molecule has 2 aliphatic rings. The molecule has 7 heteroatoms. The van der Waals surface area contributed by atoms with Gasteiger partial charge in [-0.3, -0.25) is 4.79 Å². The van der Waals surface area contributed by atoms with Crippen LogP contribution in [0.4, 0.5) is 10.1 Å². The van der Waals surface area contributed by atoms with Crippen LogP contribution >= 0.6 is 11.6 Å². The highest BCUT2D eigenvalue weighted by Crippen LogP contribution is 2.44. The number of nitrogens with zero attached hydrogens (tertiary/aromatic N) is 2. The summed E-state index contributed by atoms with van der Waals surface area (Å²) in [6.45, 7) is 1.21. The van der Waals surface area contributed by atoms with Gasteiger partial charge in [-0.15, -0.1) is 0 Å². The van der Waals surface area contributed by atoms with Crippen molar-refractivity contribution in [1.29, 1.82) is 0 Å². The smallest absolute Gasteiger partial charge is 0.260 e. The van der Waals surface area contributed by atoms with Gasteiger partial charge in [0.1, 0.15) is 11.6 Å². The number of nitrogens with one attached hydrogen (secondary N) is 1. The summed E-state index contributed by atoms with van der Waals surface area (Å²) < 4.78 is 20.7. The molecule has 1 amide bonds. The van der Waals surface area contributed by atoms with Crippen molar-refractivity contribution in [2.24, 2.45) is 0 Å². The fourth-order valence-electron chi connectivity index (χ4n) is 4.40. The molecule has 3 heterocycles. The number of halogens is 2. The Morgan fingerprint density at radius 1 is 1.13 bits per heavy atom. The number of aromatic nitrogens is 1. The molecule has 0 atom stereocenters. The van der Waals surface area contributed by atoms with E-state index in [0.717, 1.165) is 24.2 Å². The fourth-order valence-corrected chi connectivity index (χ4v) is 4.57. The summed E-state index contributed by atoms with van der Waals surface area (Å²) in [6, 6.07) is 15.7. The van der Waals surface area contributed by atoms with Gasteiger partial charge in [-0.1, -0.05) is 11.6 Å². The van der Waals surface area contributed by atoms with E-state index in [1.807, 2.05) is 29.2 Å². The molecule has 1 fully saturated rings. The number of ether oxygens (including phenoxy) is 1. The van der Waals surface area contributed by atoms with E-state index in [2.05, 4.69) is 22.1 Å². The molecule has 2 aliphatic heterocycles. The van der Waals surface area contributed by atoms with Crippen molar-refractivity contribution in [3.05, 3.63) is 77.3 Å². The highest BCUT2D eigenvalue weighted by Gasteiger charge is 2.42. The van der Waals surface area contributed by atoms with Crippen molar-refractivity contribution in [2.75, 3.05) is 25.0 Å². The monoisotopic (exact) mass is 425 g/mol. The summed E-state index contributed by atoms with van der Waals surface area (Å²) >= 11 is 6.21. The van der Waals surface area contributed by atoms with Crippen molar-refractivity contribution in [3.8, 4) is 11.4 Å². The van der Waals surface area contributed by atoms with Crippen LogP contribution in [0.15, 0.2) is 60.8 Å². The molecule has 2 aromatic carbocycles. The van der Waals surface area contributed by atoms with Gasteiger partial charge in [0, 0.05) is 30.0 Å². The van der Waals surface area contributed by atoms with Crippen LogP contribution in [0.3, 0.4) is 0 Å². The van der Waals surface area contributed by atoms with Gasteiger partial charge < -0.3 is 19.5 Å². The molecule has 1 spiro atoms. The van der Waals surface area contributed by atoms with Gasteiger partial charge in [0.05, 0.1) is 16.9 Å². The topological polar surface area (TPSA) is 46.5 Å². The average molecular weight is 426 g/mol. The molecular formula is C23H21ClFN3O2. The van der Waals surface area contributed by atoms with Crippen molar-refractivity contribution in [2.45, 2.75) is 18.4 Å². The van der Waals surface area contributed by atoms with Gasteiger partial charge in [0.2, 0.25) is 0 Å². The molecule has 1 saturated heterocycles. The molecule has 0 aliphatic carbocycles. The Morgan fingerprint density at radius 3 is 2.67 bits per heavy atom. The van der Waals surface area contributed by atoms with Crippen LogP contribution in [0.25, 0.3) is 5.69 Å². The Kier molecular flexibility index (Phi) is 4.66. The number of likely N-dealkylation sites (tertiary alicyclic amines) is 1. The predicted molar refractivity (Wildman–Crippen MR) is 114 cm³/mol. The Hall–Kier alpha value is -2.99. The Labute approximate surface area is 179 Å². The minimum atomic E-state index is -0.330. The molecule has 1 N–H and O–H groups in total. The number of carbonyl (C=O) groups excluding carboxylic acids is 1. The maximum atomic E-state index is 13.0. The molecule has 30 heavy (non-hydrogen) atoms. The minimum absolute atomic E-state index is 0.0518. The Morgan fingerprint density at radius 2 is 1.90 bits per heavy atom. The van der Waals surface area contributed by atoms with Crippen molar-refractivity contribution in [3.63, 3.8) is 0 Å². The standard InChI is InChI=1S/C23H21ClFN3O2/c24-16-3-8-19-20(14-16)28-11-1-2-21(28)23(26-19)9-12-27(13-10-23)22(29)15-30-18-6-4-17(25)5-7-18/h1-8,11,14,26H,9-10,12-13,15H2. The second kappa shape index (κ2) is 7.36. The third-order valence-corrected chi connectivity index (χ3v) is 6.21. The summed E-state index contributed by atoms with van der Waals surface area (Å²) in [5.74, 6) is 0.0939. The summed E-state index contributed by atoms with van der Waals surface area (Å²) in [5, 5.41) is 4.42. The number of benzene rings is 2. The van der Waals surface area contributed by atoms with Gasteiger partial charge >= 0.3 is 0 Å². The zero-order valence-electron chi connectivity index (χ0n) is 16.3. The molecule has 0 radical (unpaired) electrons. The Bertz CT molecular complexity index is 1090. The molecular weight excluding hydrogens is 405 g/mol. The number of rotatable bonds is 3. The summed E-state index contributed by atoms with van der Waals surface area (Å²) in [4.78, 5) is 14.5. The SMILES string of the molecule is O=C(COc1ccc(F)cc1)N1CCC2(CC1)Nc1ccc(Cl)cc1-n1cccc12. The normalized spacial score (nSPS) is 16.5. The zero-order valence-corrected chi connectivity index (χ0v) is 17.0. The quantitative estimate of drug-likeness (QED) is 0.667. The fraction of sp³-hybridized carbons (Fsp3) is 0.261. The van der Waals surface area contributed by atoms with E-state index in [1.54, 1.807) is 0 Å². The molecule has 0 bridgehead atoms. The Balaban J connectivity index is 1.28. The van der Waals surface area contributed by atoms with Crippen molar-refractivity contribution in [1.82, 2.24) is 9.47 Å². The molecule has 0 unspecified atom stereocenters. The third-order valence-electron chi connectivity index (χ3n) is 5.98. The lowest BCUT2D eigenvalue weighted by atomic mass is 9.82. The maximum Gasteiger partial charge on any atom is 0.260 e. The molecule has 1 aromatic heterocycles. The van der Waals surface area contributed by atoms with Crippen LogP contribution < -0.4 is 10.1 Å². The van der Waals surface area contributed by atoms with E-state index < -0.39 is 0 Å². The van der Waals surface area contributed by atoms with Gasteiger partial charge in [-0.2, -0.15) is 0 Å². The molecule has 5 rings (SSSR count). The molecule has 3 aromatic rings. The second-order valence-corrected chi connectivity index (χ2v) is 8.19. The lowest BCUT2D eigenvalue weighted by Gasteiger charge is -2.46. The predicted octanol–water partition coefficient (Wildman–Crippen LogP) is 4.59. The van der Waals surface area contributed by atoms with Crippen LogP contribution in [0.2, 0.25) is 5.02 Å². The number of hydrogen-bond donors (Lipinski definition) is 1. The van der Waals surface area contributed by atoms with E-state index in [9.17, 15) is 9.18 Å². The number of hydrogen-bond acceptors (Lipinski definition) is 3. The van der Waals surface area contributed by atoms with Crippen LogP contribution in [-0.4, -0.2) is 35.1 Å². The maximum absolute atomic E-state index is 13.0. The van der Waals surface area contributed by atoms with Crippen molar-refractivity contribution >= 4 is 23.2 Å². The molecule has 5 nitrogen and oxygen atoms in total. The van der Waals surface area contributed by atoms with E-state index in [0.29, 0.717) is 23.9 Å². The molecule has 0 saturated carbocycles. The molecule has 154 valence electrons. The number of carbonyl (C=O) groups is 1. The summed E-state index contributed by atoms with van der Waals surface area (Å²) in [5.41, 5.74) is 3.05. The lowest BCUT2D eigenvalue weighted by molar-refractivity contribution is -0.134. The first kappa shape index (κ1) is 19.0. The van der Waals surface area contributed by atoms with Gasteiger partial charge in [0.15, 0.2) is 6.61 Å². The first-order valence-electron chi connectivity index (χ1n) is 9.96. The summed E-state index contributed by atoms with van der Waals surface area (Å²) in [7, 11) is 0. The number of anilines is 1. The lowest BCUT2D eigenvalue weighted by Crippen LogP contribution is -2.51. The van der Waals surface area contributed by atoms with E-state index >= 15 is 0 Å². The van der Waals surface area contributed by atoms with Gasteiger partial charge in [-0.25, -0.2) is 4.39 Å². The second-order valence-electron chi connectivity index (χ2n) is 7.76. The van der Waals surface area contributed by atoms with Gasteiger partial charge in [0.25, 0.3) is 5.91 Å². The van der Waals surface area contributed by atoms with Crippen LogP contribution in [-0.2, 0) is 10.3 Å². The first-order valence-corrected chi connectivity index (χ1v) is 10.3. The minimum Gasteiger partial charge on any atom is -0.484 e. The van der Waals surface area contributed by atoms with Crippen LogP contribution in [0.1, 0.15) is 18.5 Å². The highest BCUT2D eigenvalue weighted by atomic mass is 35.5. The zero-order chi connectivity index (χ0) is 20.7. The number of piperidine rings is 1. The highest BCUT2D eigenvalue weighted by molar-refractivity contribution is 6.30. The first-order chi connectivity index (χ1) is 14.5. The van der Waals surface area contributed by atoms with E-state index in [4.69, 9.17) is 16.3 Å². The van der Waals surface area contributed by atoms with E-state index in [1.165, 1.54) is 30.0 Å².